The van der Waals surface area contributed by atoms with Crippen LogP contribution in [0.3, 0.4) is 0 Å². The number of pyridine rings is 1. The summed E-state index contributed by atoms with van der Waals surface area (Å²) in [6.45, 7) is 2.16. The average molecular weight is 293 g/mol. The third-order valence-corrected chi connectivity index (χ3v) is 3.40. The van der Waals surface area contributed by atoms with Gasteiger partial charge < -0.3 is 14.8 Å². The first-order valence-corrected chi connectivity index (χ1v) is 6.72. The van der Waals surface area contributed by atoms with Crippen LogP contribution in [0.5, 0.6) is 0 Å². The van der Waals surface area contributed by atoms with E-state index in [0.29, 0.717) is 31.9 Å². The number of carbonyl (C=O) groups excluding carboxylic acids is 2. The number of methoxy groups -OCH3 is 1. The maximum absolute atomic E-state index is 11.8. The van der Waals surface area contributed by atoms with Crippen molar-refractivity contribution < 1.29 is 19.1 Å². The molecule has 0 saturated carbocycles. The van der Waals surface area contributed by atoms with E-state index in [9.17, 15) is 9.59 Å². The number of nitrogens with zero attached hydrogens (tertiary/aromatic N) is 2. The Morgan fingerprint density at radius 1 is 1.52 bits per heavy atom. The molecule has 0 aromatic carbocycles. The molecule has 2 rings (SSSR count). The number of aromatic nitrogens is 1. The monoisotopic (exact) mass is 293 g/mol. The number of hydrogen-bond acceptors (Lipinski definition) is 6. The fourth-order valence-corrected chi connectivity index (χ4v) is 2.20. The van der Waals surface area contributed by atoms with Crippen LogP contribution in [0, 0.1) is 0 Å². The summed E-state index contributed by atoms with van der Waals surface area (Å²) >= 11 is 0. The molecule has 0 bridgehead atoms. The molecule has 21 heavy (non-hydrogen) atoms. The number of rotatable bonds is 4. The average Bonchev–Trinajstić information content (AvgIpc) is 2.54. The van der Waals surface area contributed by atoms with Crippen molar-refractivity contribution in [1.29, 1.82) is 0 Å². The minimum Gasteiger partial charge on any atom is -0.465 e. The van der Waals surface area contributed by atoms with E-state index in [4.69, 9.17) is 4.74 Å². The van der Waals surface area contributed by atoms with Crippen molar-refractivity contribution in [3.63, 3.8) is 0 Å². The summed E-state index contributed by atoms with van der Waals surface area (Å²) in [5.74, 6) is -0.482. The first kappa shape index (κ1) is 15.4. The fraction of sp³-hybridized carbons (Fsp3) is 0.500. The summed E-state index contributed by atoms with van der Waals surface area (Å²) in [7, 11) is 2.94. The van der Waals surface area contributed by atoms with Crippen molar-refractivity contribution in [2.24, 2.45) is 0 Å². The topological polar surface area (TPSA) is 80.8 Å². The number of amides is 1. The Morgan fingerprint density at radius 2 is 2.33 bits per heavy atom. The van der Waals surface area contributed by atoms with Crippen LogP contribution in [-0.2, 0) is 20.8 Å². The highest BCUT2D eigenvalue weighted by molar-refractivity contribution is 5.88. The standard InChI is InChI=1S/C14H19N3O4/c1-15-13(18)12-9-21-6-5-17(12)8-11-4-3-10(7-16-11)14(19)20-2/h3-4,7,12H,5-6,8-9H2,1-2H3,(H,15,18). The summed E-state index contributed by atoms with van der Waals surface area (Å²) < 4.78 is 9.98. The largest absolute Gasteiger partial charge is 0.465 e. The van der Waals surface area contributed by atoms with Gasteiger partial charge in [0.1, 0.15) is 6.04 Å². The predicted octanol–water partition coefficient (Wildman–Crippen LogP) is -0.185. The third-order valence-electron chi connectivity index (χ3n) is 3.40. The molecule has 2 heterocycles. The molecule has 1 amide bonds. The molecule has 7 heteroatoms. The van der Waals surface area contributed by atoms with Gasteiger partial charge in [0, 0.05) is 26.3 Å². The molecule has 0 radical (unpaired) electrons. The van der Waals surface area contributed by atoms with Crippen LogP contribution in [0.25, 0.3) is 0 Å². The van der Waals surface area contributed by atoms with Crippen molar-refractivity contribution in [2.45, 2.75) is 12.6 Å². The summed E-state index contributed by atoms with van der Waals surface area (Å²) in [4.78, 5) is 29.5. The van der Waals surface area contributed by atoms with Gasteiger partial charge in [0.15, 0.2) is 0 Å². The number of likely N-dealkylation sites (N-methyl/N-ethyl adjacent to an activating group) is 1. The molecule has 7 nitrogen and oxygen atoms in total. The summed E-state index contributed by atoms with van der Waals surface area (Å²) in [6.07, 6.45) is 1.48. The molecule has 1 fully saturated rings. The minimum absolute atomic E-state index is 0.0686. The lowest BCUT2D eigenvalue weighted by atomic mass is 10.2. The SMILES string of the molecule is CNC(=O)C1COCCN1Cc1ccc(C(=O)OC)cn1. The normalized spacial score (nSPS) is 19.0. The molecule has 1 aromatic heterocycles. The maximum Gasteiger partial charge on any atom is 0.339 e. The molecule has 1 saturated heterocycles. The number of nitrogens with one attached hydrogen (secondary N) is 1. The Balaban J connectivity index is 2.05. The minimum atomic E-state index is -0.413. The van der Waals surface area contributed by atoms with Crippen LogP contribution in [0.1, 0.15) is 16.1 Å². The van der Waals surface area contributed by atoms with E-state index in [1.54, 1.807) is 19.2 Å². The van der Waals surface area contributed by atoms with Crippen molar-refractivity contribution >= 4 is 11.9 Å². The summed E-state index contributed by atoms with van der Waals surface area (Å²) in [5, 5.41) is 2.64. The zero-order valence-corrected chi connectivity index (χ0v) is 12.2. The van der Waals surface area contributed by atoms with E-state index >= 15 is 0 Å². The van der Waals surface area contributed by atoms with Gasteiger partial charge in [-0.25, -0.2) is 4.79 Å². The quantitative estimate of drug-likeness (QED) is 0.775. The van der Waals surface area contributed by atoms with Crippen LogP contribution >= 0.6 is 0 Å². The van der Waals surface area contributed by atoms with Crippen molar-refractivity contribution in [3.8, 4) is 0 Å². The molecule has 1 aliphatic rings. The molecular weight excluding hydrogens is 274 g/mol. The number of esters is 1. The van der Waals surface area contributed by atoms with Gasteiger partial charge in [-0.2, -0.15) is 0 Å². The summed E-state index contributed by atoms with van der Waals surface area (Å²) in [6, 6.07) is 3.12. The van der Waals surface area contributed by atoms with Crippen molar-refractivity contribution in [2.75, 3.05) is 33.9 Å². The molecule has 0 aliphatic carbocycles. The van der Waals surface area contributed by atoms with E-state index < -0.39 is 5.97 Å². The molecule has 1 aliphatic heterocycles. The third kappa shape index (κ3) is 3.77. The predicted molar refractivity (Wildman–Crippen MR) is 74.7 cm³/mol. The zero-order chi connectivity index (χ0) is 15.2. The fourth-order valence-electron chi connectivity index (χ4n) is 2.20. The lowest BCUT2D eigenvalue weighted by Gasteiger charge is -2.33. The van der Waals surface area contributed by atoms with Gasteiger partial charge in [-0.3, -0.25) is 14.7 Å². The second kappa shape index (κ2) is 7.14. The van der Waals surface area contributed by atoms with E-state index in [-0.39, 0.29) is 11.9 Å². The Kier molecular flexibility index (Phi) is 5.24. The maximum atomic E-state index is 11.8. The van der Waals surface area contributed by atoms with E-state index in [1.807, 2.05) is 4.90 Å². The van der Waals surface area contributed by atoms with Gasteiger partial charge in [0.2, 0.25) is 5.91 Å². The Labute approximate surface area is 123 Å². The zero-order valence-electron chi connectivity index (χ0n) is 12.2. The van der Waals surface area contributed by atoms with Crippen LogP contribution in [0.15, 0.2) is 18.3 Å². The molecule has 1 aromatic rings. The first-order valence-electron chi connectivity index (χ1n) is 6.72. The van der Waals surface area contributed by atoms with Crippen LogP contribution in [-0.4, -0.2) is 61.7 Å². The first-order chi connectivity index (χ1) is 10.2. The lowest BCUT2D eigenvalue weighted by molar-refractivity contribution is -0.132. The highest BCUT2D eigenvalue weighted by Crippen LogP contribution is 2.12. The number of hydrogen-bond donors (Lipinski definition) is 1. The highest BCUT2D eigenvalue weighted by Gasteiger charge is 2.28. The molecule has 1 N–H and O–H groups in total. The molecule has 0 spiro atoms. The Bertz CT molecular complexity index is 503. The molecule has 114 valence electrons. The number of carbonyl (C=O) groups is 2. The van der Waals surface area contributed by atoms with Gasteiger partial charge >= 0.3 is 5.97 Å². The second-order valence-corrected chi connectivity index (χ2v) is 4.71. The van der Waals surface area contributed by atoms with Gasteiger partial charge in [-0.1, -0.05) is 0 Å². The van der Waals surface area contributed by atoms with E-state index in [1.165, 1.54) is 13.3 Å². The van der Waals surface area contributed by atoms with Crippen LogP contribution in [0.2, 0.25) is 0 Å². The molecule has 1 unspecified atom stereocenters. The van der Waals surface area contributed by atoms with Gasteiger partial charge in [-0.15, -0.1) is 0 Å². The molecule has 1 atom stereocenters. The lowest BCUT2D eigenvalue weighted by Crippen LogP contribution is -2.52. The van der Waals surface area contributed by atoms with Gasteiger partial charge in [-0.05, 0) is 12.1 Å². The van der Waals surface area contributed by atoms with Crippen LogP contribution in [0.4, 0.5) is 0 Å². The van der Waals surface area contributed by atoms with Crippen molar-refractivity contribution in [3.05, 3.63) is 29.6 Å². The summed E-state index contributed by atoms with van der Waals surface area (Å²) in [5.41, 5.74) is 1.20. The van der Waals surface area contributed by atoms with Gasteiger partial charge in [0.05, 0.1) is 31.6 Å². The number of ether oxygens (including phenoxy) is 2. The molecular formula is C14H19N3O4. The highest BCUT2D eigenvalue weighted by atomic mass is 16.5. The smallest absolute Gasteiger partial charge is 0.339 e. The second-order valence-electron chi connectivity index (χ2n) is 4.71. The van der Waals surface area contributed by atoms with E-state index in [2.05, 4.69) is 15.0 Å². The Hall–Kier alpha value is -1.99. The number of morpholine rings is 1. The van der Waals surface area contributed by atoms with Crippen molar-refractivity contribution in [1.82, 2.24) is 15.2 Å². The Morgan fingerprint density at radius 3 is 2.95 bits per heavy atom. The van der Waals surface area contributed by atoms with Gasteiger partial charge in [0.25, 0.3) is 0 Å². The van der Waals surface area contributed by atoms with E-state index in [0.717, 1.165) is 5.69 Å². The van der Waals surface area contributed by atoms with Crippen LogP contribution < -0.4 is 5.32 Å².